The molecule has 0 bridgehead atoms. The number of aromatic nitrogens is 4. The molecule has 1 aliphatic rings. The molecule has 0 saturated heterocycles. The number of nitrogens with zero attached hydrogens (tertiary/aromatic N) is 4. The normalized spacial score (nSPS) is 13.4. The Morgan fingerprint density at radius 2 is 0.821 bits per heavy atom. The van der Waals surface area contributed by atoms with Gasteiger partial charge in [0.1, 0.15) is 24.1 Å². The summed E-state index contributed by atoms with van der Waals surface area (Å²) < 4.78 is 134. The van der Waals surface area contributed by atoms with Crippen LogP contribution in [0.5, 0.6) is 5.75 Å². The number of sulfone groups is 1. The van der Waals surface area contributed by atoms with Gasteiger partial charge in [0, 0.05) is 74.2 Å². The monoisotopic (exact) mass is 1730 g/mol. The van der Waals surface area contributed by atoms with E-state index < -0.39 is 68.4 Å². The highest BCUT2D eigenvalue weighted by Crippen LogP contribution is 2.48. The Morgan fingerprint density at radius 3 is 1.18 bits per heavy atom. The Hall–Kier alpha value is -11.2. The summed E-state index contributed by atoms with van der Waals surface area (Å²) in [4.78, 5) is 83.8. The van der Waals surface area contributed by atoms with E-state index >= 15 is 0 Å². The van der Waals surface area contributed by atoms with E-state index in [-0.39, 0.29) is 58.6 Å². The first-order valence-electron chi connectivity index (χ1n) is 39.8. The number of Topliss-reactive ketones (excluding diaryl/α,β-unsaturated/α-hetero) is 3. The van der Waals surface area contributed by atoms with Crippen molar-refractivity contribution < 1.29 is 68.1 Å². The number of alkyl halides is 6. The zero-order valence-corrected chi connectivity index (χ0v) is 73.3. The van der Waals surface area contributed by atoms with E-state index in [1.807, 2.05) is 138 Å². The summed E-state index contributed by atoms with van der Waals surface area (Å²) in [5.74, 6) is 0.218. The number of rotatable bonds is 19. The minimum atomic E-state index is -4.52. The van der Waals surface area contributed by atoms with Crippen LogP contribution in [0, 0.1) is 20.8 Å². The molecule has 0 saturated carbocycles. The molecule has 0 spiro atoms. The van der Waals surface area contributed by atoms with Gasteiger partial charge in [-0.15, -0.1) is 0 Å². The van der Waals surface area contributed by atoms with E-state index in [4.69, 9.17) is 47.1 Å². The lowest BCUT2D eigenvalue weighted by molar-refractivity contribution is -0.139. The third-order valence-electron chi connectivity index (χ3n) is 20.9. The largest absolute Gasteiger partial charge is 0.493 e. The van der Waals surface area contributed by atoms with E-state index in [1.165, 1.54) is 66.3 Å². The highest BCUT2D eigenvalue weighted by molar-refractivity contribution is 7.90. The lowest BCUT2D eigenvalue weighted by Gasteiger charge is -2.30. The maximum Gasteiger partial charge on any atom is 0.416 e. The van der Waals surface area contributed by atoms with Crippen LogP contribution in [0.25, 0.3) is 77.0 Å². The number of hydrogen-bond acceptors (Lipinski definition) is 13. The quantitative estimate of drug-likeness (QED) is 0.0693. The van der Waals surface area contributed by atoms with Gasteiger partial charge in [-0.05, 0) is 303 Å². The second-order valence-electron chi connectivity index (χ2n) is 33.9. The lowest BCUT2D eigenvalue weighted by atomic mass is 9.85. The predicted molar refractivity (Wildman–Crippen MR) is 472 cm³/mol. The van der Waals surface area contributed by atoms with Gasteiger partial charge >= 0.3 is 12.4 Å². The van der Waals surface area contributed by atoms with Crippen LogP contribution in [0.3, 0.4) is 0 Å². The van der Waals surface area contributed by atoms with Gasteiger partial charge in [-0.2, -0.15) is 26.3 Å². The average molecular weight is 1740 g/mol. The van der Waals surface area contributed by atoms with Crippen molar-refractivity contribution in [3.05, 3.63) is 308 Å². The summed E-state index contributed by atoms with van der Waals surface area (Å²) in [5, 5.41) is 4.07. The van der Waals surface area contributed by atoms with Gasteiger partial charge in [-0.25, -0.2) is 8.42 Å². The van der Waals surface area contributed by atoms with Crippen LogP contribution in [0.15, 0.2) is 220 Å². The molecule has 640 valence electrons. The van der Waals surface area contributed by atoms with Gasteiger partial charge in [0.25, 0.3) is 16.7 Å². The molecule has 14 rings (SSSR count). The summed E-state index contributed by atoms with van der Waals surface area (Å²) >= 11 is 12.4. The number of ketones is 3. The summed E-state index contributed by atoms with van der Waals surface area (Å²) in [6.45, 7) is 27.6. The van der Waals surface area contributed by atoms with Gasteiger partial charge in [0.15, 0.2) is 27.2 Å². The topological polar surface area (TPSA) is 201 Å². The number of aryl methyl sites for hydroxylation is 3. The summed E-state index contributed by atoms with van der Waals surface area (Å²) in [7, 11) is -3.41. The Labute approximate surface area is 718 Å². The molecular formula is C98H94Cl2F6N4O12S. The van der Waals surface area contributed by atoms with Crippen LogP contribution in [-0.2, 0) is 76.8 Å². The van der Waals surface area contributed by atoms with Crippen molar-refractivity contribution in [2.45, 2.75) is 182 Å². The second kappa shape index (κ2) is 35.6. The second-order valence-corrected chi connectivity index (χ2v) is 36.8. The van der Waals surface area contributed by atoms with Crippen molar-refractivity contribution in [2.75, 3.05) is 12.9 Å². The van der Waals surface area contributed by atoms with Gasteiger partial charge in [0.2, 0.25) is 0 Å². The minimum absolute atomic E-state index is 0.0619. The van der Waals surface area contributed by atoms with Crippen LogP contribution < -0.4 is 21.4 Å². The van der Waals surface area contributed by atoms with Crippen molar-refractivity contribution in [3.8, 4) is 39.1 Å². The standard InChI is InChI=1S/C36H33F3N2O4.C31H29ClF3NO3.C31H32ClNO5S/c1-20-17-27-25(10-12-29(43)41(27)19-22-7-6-8-24(18-22)36(37,38)39)32(30(20)34(21(2)42)45-35(3,4)5)26-9-11-28-31-23(14-16-44-28)13-15-40-33(26)31;1-18-15-25-24(13-14-26(38)36(25)17-20-7-6-8-22(16-20)31(33,34)35)28(21-9-11-23(32)12-10-21)27(18)29(19(2)37)39-30(3,4)5;1-19-16-26-25(14-15-27(35)33(26)18-21-8-7-9-24(17-21)39(6,36)37)29(22-10-12-23(32)13-11-22)28(19)30(20(2)34)38-31(3,4)5/h6-13,15,17-18,34H,14,16,19H2,1-5H3;6-16,29H,17H2,1-5H3;7-17,30H,18H2,1-6H3/t34-;29-;30-/m111/s1. The molecule has 1 aliphatic heterocycles. The summed E-state index contributed by atoms with van der Waals surface area (Å²) in [6, 6.07) is 51.7. The number of carbonyl (C=O) groups is 3. The maximum atomic E-state index is 13.5. The third kappa shape index (κ3) is 20.7. The fourth-order valence-corrected chi connectivity index (χ4v) is 16.7. The first-order chi connectivity index (χ1) is 57.5. The molecule has 0 fully saturated rings. The van der Waals surface area contributed by atoms with Gasteiger partial charge in [-0.3, -0.25) is 33.8 Å². The van der Waals surface area contributed by atoms with Crippen molar-refractivity contribution in [2.24, 2.45) is 0 Å². The highest BCUT2D eigenvalue weighted by Gasteiger charge is 2.37. The third-order valence-corrected chi connectivity index (χ3v) is 22.5. The number of halogens is 8. The number of pyridine rings is 4. The molecule has 0 radical (unpaired) electrons. The fraction of sp³-hybridized carbons (Fsp3) is 0.296. The Kier molecular flexibility index (Phi) is 26.3. The van der Waals surface area contributed by atoms with Gasteiger partial charge in [0.05, 0.1) is 81.1 Å². The number of carbonyl (C=O) groups excluding carboxylic acids is 3. The number of ether oxygens (including phenoxy) is 4. The predicted octanol–water partition coefficient (Wildman–Crippen LogP) is 22.6. The Bertz CT molecular complexity index is 6630. The van der Waals surface area contributed by atoms with Crippen LogP contribution in [-0.4, -0.2) is 74.1 Å². The number of hydrogen-bond donors (Lipinski definition) is 0. The molecule has 13 aromatic rings. The van der Waals surface area contributed by atoms with E-state index in [9.17, 15) is 63.5 Å². The molecule has 3 atom stereocenters. The van der Waals surface area contributed by atoms with E-state index in [2.05, 4.69) is 0 Å². The minimum Gasteiger partial charge on any atom is -0.493 e. The Balaban J connectivity index is 0.000000169. The Morgan fingerprint density at radius 1 is 0.463 bits per heavy atom. The van der Waals surface area contributed by atoms with Crippen LogP contribution >= 0.6 is 23.2 Å². The molecular weight excluding hydrogens is 1640 g/mol. The number of benzene rings is 9. The lowest BCUT2D eigenvalue weighted by Crippen LogP contribution is -2.27. The van der Waals surface area contributed by atoms with Crippen molar-refractivity contribution in [3.63, 3.8) is 0 Å². The zero-order valence-electron chi connectivity index (χ0n) is 70.9. The van der Waals surface area contributed by atoms with Crippen molar-refractivity contribution in [1.82, 2.24) is 18.7 Å². The summed E-state index contributed by atoms with van der Waals surface area (Å²) in [5.41, 5.74) is 9.18. The van der Waals surface area contributed by atoms with Crippen molar-refractivity contribution >= 4 is 94.0 Å². The van der Waals surface area contributed by atoms with Crippen LogP contribution in [0.1, 0.15) is 168 Å². The summed E-state index contributed by atoms with van der Waals surface area (Å²) in [6.07, 6.45) is -8.03. The SMILES string of the molecule is CC(=O)[C@@H](OC(C)(C)C)c1c(C)cc2c(ccc(=O)n2Cc2cccc(C(F)(F)F)c2)c1-c1ccc(Cl)cc1.CC(=O)[C@@H](OC(C)(C)C)c1c(C)cc2c(ccc(=O)n2Cc2cccc(C(F)(F)F)c2)c1-c1ccc2c3c(ccnc13)CCO2.CC(=O)[C@@H](OC(C)(C)C)c1c(C)cc2c(ccc(=O)n2Cc2cccc(S(C)(=O)=O)c2)c1-c1ccc(Cl)cc1. The molecule has 16 nitrogen and oxygen atoms in total. The first kappa shape index (κ1) is 91.0. The van der Waals surface area contributed by atoms with Gasteiger partial charge < -0.3 is 32.6 Å². The molecule has 0 aliphatic carbocycles. The highest BCUT2D eigenvalue weighted by atomic mass is 35.5. The molecule has 5 heterocycles. The van der Waals surface area contributed by atoms with Crippen molar-refractivity contribution in [1.29, 1.82) is 0 Å². The molecule has 123 heavy (non-hydrogen) atoms. The fourth-order valence-electron chi connectivity index (χ4n) is 15.7. The zero-order chi connectivity index (χ0) is 89.7. The molecule has 0 unspecified atom stereocenters. The molecule has 9 aromatic carbocycles. The van der Waals surface area contributed by atoms with E-state index in [0.717, 1.165) is 92.4 Å². The molecule has 25 heteroatoms. The maximum absolute atomic E-state index is 13.5. The molecule has 4 aromatic heterocycles. The number of fused-ring (bicyclic) bond motifs is 3. The average Bonchev–Trinajstić information content (AvgIpc) is 0.740. The molecule has 0 amide bonds. The van der Waals surface area contributed by atoms with Crippen LogP contribution in [0.4, 0.5) is 26.3 Å². The smallest absolute Gasteiger partial charge is 0.416 e. The van der Waals surface area contributed by atoms with Gasteiger partial charge in [-0.1, -0.05) is 83.9 Å². The van der Waals surface area contributed by atoms with Crippen LogP contribution in [0.2, 0.25) is 10.0 Å². The van der Waals surface area contributed by atoms with E-state index in [1.54, 1.807) is 89.6 Å². The van der Waals surface area contributed by atoms with E-state index in [0.29, 0.717) is 99.6 Å². The first-order valence-corrected chi connectivity index (χ1v) is 42.4. The molecule has 0 N–H and O–H groups in total.